The van der Waals surface area contributed by atoms with E-state index in [1.54, 1.807) is 6.20 Å². The zero-order valence-corrected chi connectivity index (χ0v) is 9.85. The summed E-state index contributed by atoms with van der Waals surface area (Å²) in [5.74, 6) is 0. The quantitative estimate of drug-likeness (QED) is 0.873. The molecular formula is C11H11ClN2S. The zero-order chi connectivity index (χ0) is 10.8. The highest BCUT2D eigenvalue weighted by molar-refractivity contribution is 7.16. The minimum Gasteiger partial charge on any atom is -0.320 e. The molecule has 0 spiro atoms. The van der Waals surface area contributed by atoms with E-state index in [0.29, 0.717) is 0 Å². The van der Waals surface area contributed by atoms with Gasteiger partial charge in [-0.05, 0) is 30.7 Å². The number of thiophene rings is 1. The molecule has 0 fully saturated rings. The Morgan fingerprint density at radius 2 is 2.20 bits per heavy atom. The highest BCUT2D eigenvalue weighted by Crippen LogP contribution is 2.30. The largest absolute Gasteiger partial charge is 0.320 e. The number of hydrogen-bond donors (Lipinski definition) is 1. The molecule has 0 aliphatic rings. The molecule has 0 aliphatic carbocycles. The van der Waals surface area contributed by atoms with Gasteiger partial charge in [0, 0.05) is 16.8 Å². The molecule has 2 rings (SSSR count). The van der Waals surface area contributed by atoms with Crippen LogP contribution in [0.1, 0.15) is 22.2 Å². The van der Waals surface area contributed by atoms with Gasteiger partial charge in [0.15, 0.2) is 0 Å². The first-order chi connectivity index (χ1) is 7.18. The fourth-order valence-electron chi connectivity index (χ4n) is 1.47. The smallest absolute Gasteiger partial charge is 0.0931 e. The van der Waals surface area contributed by atoms with Crippen molar-refractivity contribution in [3.05, 3.63) is 50.9 Å². The van der Waals surface area contributed by atoms with Gasteiger partial charge in [-0.25, -0.2) is 0 Å². The van der Waals surface area contributed by atoms with Gasteiger partial charge < -0.3 is 5.73 Å². The average Bonchev–Trinajstić information content (AvgIpc) is 2.65. The summed E-state index contributed by atoms with van der Waals surface area (Å²) in [6, 6.07) is 7.60. The lowest BCUT2D eigenvalue weighted by Gasteiger charge is -2.11. The molecule has 0 radical (unpaired) electrons. The number of aryl methyl sites for hydroxylation is 1. The summed E-state index contributed by atoms with van der Waals surface area (Å²) in [5.41, 5.74) is 8.16. The van der Waals surface area contributed by atoms with Crippen LogP contribution >= 0.6 is 22.9 Å². The summed E-state index contributed by atoms with van der Waals surface area (Å²) >= 11 is 7.39. The predicted octanol–water partition coefficient (Wildman–Crippen LogP) is 3.15. The molecule has 78 valence electrons. The second-order valence-electron chi connectivity index (χ2n) is 3.30. The molecule has 0 aliphatic heterocycles. The Morgan fingerprint density at radius 3 is 2.80 bits per heavy atom. The summed E-state index contributed by atoms with van der Waals surface area (Å²) in [6.07, 6.45) is 1.77. The fourth-order valence-corrected chi connectivity index (χ4v) is 2.56. The summed E-state index contributed by atoms with van der Waals surface area (Å²) in [7, 11) is 0. The van der Waals surface area contributed by atoms with Crippen LogP contribution in [0.25, 0.3) is 0 Å². The van der Waals surface area contributed by atoms with E-state index in [4.69, 9.17) is 17.3 Å². The molecule has 2 N–H and O–H groups in total. The number of hydrogen-bond acceptors (Lipinski definition) is 3. The summed E-state index contributed by atoms with van der Waals surface area (Å²) in [5, 5.41) is 0. The minimum absolute atomic E-state index is 0.129. The van der Waals surface area contributed by atoms with Crippen LogP contribution in [0, 0.1) is 6.92 Å². The van der Waals surface area contributed by atoms with Gasteiger partial charge in [-0.1, -0.05) is 17.7 Å². The normalized spacial score (nSPS) is 12.7. The molecule has 2 nitrogen and oxygen atoms in total. The molecule has 2 aromatic heterocycles. The van der Waals surface area contributed by atoms with Gasteiger partial charge in [-0.15, -0.1) is 11.3 Å². The molecule has 2 aromatic rings. The third-order valence-corrected chi connectivity index (χ3v) is 3.60. The number of nitrogens with zero attached hydrogens (tertiary/aromatic N) is 1. The van der Waals surface area contributed by atoms with Crippen molar-refractivity contribution in [2.45, 2.75) is 13.0 Å². The second kappa shape index (κ2) is 4.31. The van der Waals surface area contributed by atoms with E-state index in [9.17, 15) is 0 Å². The highest BCUT2D eigenvalue weighted by Gasteiger charge is 2.13. The number of aromatic nitrogens is 1. The maximum atomic E-state index is 6.14. The molecule has 1 atom stereocenters. The van der Waals surface area contributed by atoms with Crippen molar-refractivity contribution in [3.63, 3.8) is 0 Å². The zero-order valence-electron chi connectivity index (χ0n) is 8.27. The molecule has 0 bridgehead atoms. The topological polar surface area (TPSA) is 38.9 Å². The van der Waals surface area contributed by atoms with Crippen LogP contribution in [0.3, 0.4) is 0 Å². The lowest BCUT2D eigenvalue weighted by molar-refractivity contribution is 0.867. The lowest BCUT2D eigenvalue weighted by atomic mass is 10.1. The van der Waals surface area contributed by atoms with Crippen molar-refractivity contribution >= 4 is 22.9 Å². The number of halogens is 1. The molecule has 1 unspecified atom stereocenters. The van der Waals surface area contributed by atoms with Crippen LogP contribution < -0.4 is 5.73 Å². The fraction of sp³-hybridized carbons (Fsp3) is 0.182. The first-order valence-electron chi connectivity index (χ1n) is 4.61. The van der Waals surface area contributed by atoms with E-state index in [0.717, 1.165) is 20.5 Å². The van der Waals surface area contributed by atoms with E-state index in [-0.39, 0.29) is 6.04 Å². The van der Waals surface area contributed by atoms with Gasteiger partial charge in [-0.3, -0.25) is 4.98 Å². The molecular weight excluding hydrogens is 228 g/mol. The van der Waals surface area contributed by atoms with Crippen LogP contribution in [-0.4, -0.2) is 4.98 Å². The Bertz CT molecular complexity index is 467. The van der Waals surface area contributed by atoms with Crippen LogP contribution in [0.15, 0.2) is 30.5 Å². The molecule has 0 amide bonds. The average molecular weight is 239 g/mol. The van der Waals surface area contributed by atoms with E-state index < -0.39 is 0 Å². The molecule has 0 saturated heterocycles. The summed E-state index contributed by atoms with van der Waals surface area (Å²) in [4.78, 5) is 5.29. The number of rotatable bonds is 2. The van der Waals surface area contributed by atoms with Gasteiger partial charge >= 0.3 is 0 Å². The lowest BCUT2D eigenvalue weighted by Crippen LogP contribution is -2.12. The molecule has 15 heavy (non-hydrogen) atoms. The SMILES string of the molecule is Cc1ncccc1C(N)c1ccc(Cl)s1. The molecule has 0 saturated carbocycles. The van der Waals surface area contributed by atoms with Gasteiger partial charge in [0.2, 0.25) is 0 Å². The molecule has 4 heteroatoms. The number of pyridine rings is 1. The Balaban J connectivity index is 2.36. The third kappa shape index (κ3) is 2.20. The molecule has 0 aromatic carbocycles. The van der Waals surface area contributed by atoms with Crippen LogP contribution in [0.2, 0.25) is 4.34 Å². The standard InChI is InChI=1S/C11H11ClN2S/c1-7-8(3-2-6-14-7)11(13)9-4-5-10(12)15-9/h2-6,11H,13H2,1H3. The minimum atomic E-state index is -0.129. The maximum Gasteiger partial charge on any atom is 0.0931 e. The van der Waals surface area contributed by atoms with E-state index >= 15 is 0 Å². The number of nitrogens with two attached hydrogens (primary N) is 1. The molecule has 2 heterocycles. The van der Waals surface area contributed by atoms with E-state index in [2.05, 4.69) is 4.98 Å². The Hall–Kier alpha value is -0.900. The second-order valence-corrected chi connectivity index (χ2v) is 5.04. The first kappa shape index (κ1) is 10.6. The van der Waals surface area contributed by atoms with Crippen molar-refractivity contribution in [1.29, 1.82) is 0 Å². The Morgan fingerprint density at radius 1 is 1.40 bits per heavy atom. The van der Waals surface area contributed by atoms with Crippen molar-refractivity contribution in [2.24, 2.45) is 5.73 Å². The Labute approximate surface area is 97.7 Å². The first-order valence-corrected chi connectivity index (χ1v) is 5.80. The third-order valence-electron chi connectivity index (χ3n) is 2.28. The van der Waals surface area contributed by atoms with Crippen molar-refractivity contribution in [3.8, 4) is 0 Å². The maximum absolute atomic E-state index is 6.14. The van der Waals surface area contributed by atoms with Gasteiger partial charge in [-0.2, -0.15) is 0 Å². The van der Waals surface area contributed by atoms with E-state index in [1.165, 1.54) is 11.3 Å². The van der Waals surface area contributed by atoms with Gasteiger partial charge in [0.05, 0.1) is 10.4 Å². The van der Waals surface area contributed by atoms with Crippen molar-refractivity contribution in [2.75, 3.05) is 0 Å². The van der Waals surface area contributed by atoms with E-state index in [1.807, 2.05) is 31.2 Å². The summed E-state index contributed by atoms with van der Waals surface area (Å²) in [6.45, 7) is 1.96. The monoisotopic (exact) mass is 238 g/mol. The predicted molar refractivity (Wildman–Crippen MR) is 64.3 cm³/mol. The van der Waals surface area contributed by atoms with Crippen molar-refractivity contribution in [1.82, 2.24) is 4.98 Å². The van der Waals surface area contributed by atoms with Gasteiger partial charge in [0.1, 0.15) is 0 Å². The van der Waals surface area contributed by atoms with Crippen LogP contribution in [0.5, 0.6) is 0 Å². The summed E-state index contributed by atoms with van der Waals surface area (Å²) < 4.78 is 0.766. The Kier molecular flexibility index (Phi) is 3.05. The highest BCUT2D eigenvalue weighted by atomic mass is 35.5. The van der Waals surface area contributed by atoms with Gasteiger partial charge in [0.25, 0.3) is 0 Å². The van der Waals surface area contributed by atoms with Crippen molar-refractivity contribution < 1.29 is 0 Å². The van der Waals surface area contributed by atoms with Crippen LogP contribution in [-0.2, 0) is 0 Å². The van der Waals surface area contributed by atoms with Crippen LogP contribution in [0.4, 0.5) is 0 Å².